The van der Waals surface area contributed by atoms with Crippen LogP contribution in [-0.2, 0) is 9.53 Å². The third kappa shape index (κ3) is 1.93. The SMILES string of the molecule is CC1=CC(=O)O/C1=C/C(C)C. The number of cyclic esters (lactones) is 1. The first kappa shape index (κ1) is 8.05. The second kappa shape index (κ2) is 2.91. The molecule has 0 radical (unpaired) electrons. The fourth-order valence-corrected chi connectivity index (χ4v) is 0.934. The first-order chi connectivity index (χ1) is 5.09. The Hall–Kier alpha value is -1.05. The molecule has 0 unspecified atom stereocenters. The van der Waals surface area contributed by atoms with Gasteiger partial charge >= 0.3 is 5.97 Å². The minimum Gasteiger partial charge on any atom is -0.423 e. The van der Waals surface area contributed by atoms with E-state index in [1.165, 1.54) is 6.08 Å². The maximum Gasteiger partial charge on any atom is 0.336 e. The second-order valence-electron chi connectivity index (χ2n) is 3.02. The van der Waals surface area contributed by atoms with Crippen LogP contribution in [0.25, 0.3) is 0 Å². The zero-order chi connectivity index (χ0) is 8.43. The van der Waals surface area contributed by atoms with Crippen LogP contribution in [0.2, 0.25) is 0 Å². The number of hydrogen-bond donors (Lipinski definition) is 0. The van der Waals surface area contributed by atoms with Crippen LogP contribution in [0.15, 0.2) is 23.5 Å². The molecule has 0 saturated heterocycles. The Bertz CT molecular complexity index is 234. The Morgan fingerprint density at radius 1 is 1.55 bits per heavy atom. The number of esters is 1. The summed E-state index contributed by atoms with van der Waals surface area (Å²) in [6.07, 6.45) is 3.45. The van der Waals surface area contributed by atoms with Crippen LogP contribution in [-0.4, -0.2) is 5.97 Å². The standard InChI is InChI=1S/C9H12O2/c1-6(2)4-8-7(3)5-9(10)11-8/h4-6H,1-3H3/b8-4+. The average Bonchev–Trinajstić information content (AvgIpc) is 2.09. The summed E-state index contributed by atoms with van der Waals surface area (Å²) in [6.45, 7) is 5.97. The zero-order valence-electron chi connectivity index (χ0n) is 7.05. The van der Waals surface area contributed by atoms with Crippen molar-refractivity contribution in [2.24, 2.45) is 5.92 Å². The van der Waals surface area contributed by atoms with Crippen LogP contribution >= 0.6 is 0 Å². The van der Waals surface area contributed by atoms with Gasteiger partial charge in [0.15, 0.2) is 0 Å². The lowest BCUT2D eigenvalue weighted by molar-refractivity contribution is -0.132. The van der Waals surface area contributed by atoms with E-state index in [-0.39, 0.29) is 5.97 Å². The topological polar surface area (TPSA) is 26.3 Å². The maximum atomic E-state index is 10.7. The normalized spacial score (nSPS) is 20.9. The highest BCUT2D eigenvalue weighted by Gasteiger charge is 2.15. The van der Waals surface area contributed by atoms with Gasteiger partial charge in [-0.3, -0.25) is 0 Å². The molecule has 0 bridgehead atoms. The summed E-state index contributed by atoms with van der Waals surface area (Å²) in [7, 11) is 0. The van der Waals surface area contributed by atoms with E-state index in [4.69, 9.17) is 4.74 Å². The predicted octanol–water partition coefficient (Wildman–Crippen LogP) is 2.03. The van der Waals surface area contributed by atoms with Gasteiger partial charge in [-0.25, -0.2) is 4.79 Å². The molecule has 1 aliphatic rings. The van der Waals surface area contributed by atoms with Crippen molar-refractivity contribution in [1.29, 1.82) is 0 Å². The molecule has 0 aromatic rings. The minimum atomic E-state index is -0.255. The van der Waals surface area contributed by atoms with Crippen LogP contribution in [0.3, 0.4) is 0 Å². The third-order valence-electron chi connectivity index (χ3n) is 1.42. The number of carbonyl (C=O) groups excluding carboxylic acids is 1. The molecule has 0 aromatic carbocycles. The molecule has 1 heterocycles. The van der Waals surface area contributed by atoms with Gasteiger partial charge in [-0.15, -0.1) is 0 Å². The van der Waals surface area contributed by atoms with Crippen LogP contribution in [0.1, 0.15) is 20.8 Å². The van der Waals surface area contributed by atoms with Crippen molar-refractivity contribution < 1.29 is 9.53 Å². The van der Waals surface area contributed by atoms with E-state index >= 15 is 0 Å². The molecule has 0 N–H and O–H groups in total. The van der Waals surface area contributed by atoms with E-state index in [1.54, 1.807) is 0 Å². The van der Waals surface area contributed by atoms with Gasteiger partial charge in [0.2, 0.25) is 0 Å². The summed E-state index contributed by atoms with van der Waals surface area (Å²) in [6, 6.07) is 0. The Labute approximate surface area is 66.5 Å². The molecule has 0 aromatic heterocycles. The molecule has 0 atom stereocenters. The van der Waals surface area contributed by atoms with Crippen molar-refractivity contribution in [3.05, 3.63) is 23.5 Å². The molecule has 2 heteroatoms. The third-order valence-corrected chi connectivity index (χ3v) is 1.42. The molecule has 0 amide bonds. The summed E-state index contributed by atoms with van der Waals surface area (Å²) < 4.78 is 4.91. The fourth-order valence-electron chi connectivity index (χ4n) is 0.934. The van der Waals surface area contributed by atoms with Gasteiger partial charge in [0.1, 0.15) is 5.76 Å². The highest BCUT2D eigenvalue weighted by molar-refractivity contribution is 5.88. The summed E-state index contributed by atoms with van der Waals surface area (Å²) in [5, 5.41) is 0. The van der Waals surface area contributed by atoms with Crippen molar-refractivity contribution in [2.75, 3.05) is 0 Å². The fraction of sp³-hybridized carbons (Fsp3) is 0.444. The van der Waals surface area contributed by atoms with Gasteiger partial charge in [0.05, 0.1) is 0 Å². The van der Waals surface area contributed by atoms with E-state index < -0.39 is 0 Å². The number of rotatable bonds is 1. The second-order valence-corrected chi connectivity index (χ2v) is 3.02. The molecular formula is C9H12O2. The lowest BCUT2D eigenvalue weighted by Crippen LogP contribution is -1.92. The Morgan fingerprint density at radius 3 is 2.55 bits per heavy atom. The van der Waals surface area contributed by atoms with Crippen LogP contribution in [0.5, 0.6) is 0 Å². The van der Waals surface area contributed by atoms with Crippen LogP contribution in [0.4, 0.5) is 0 Å². The number of ether oxygens (including phenoxy) is 1. The molecule has 0 aliphatic carbocycles. The van der Waals surface area contributed by atoms with Gasteiger partial charge in [0.25, 0.3) is 0 Å². The molecule has 2 nitrogen and oxygen atoms in total. The average molecular weight is 152 g/mol. The Morgan fingerprint density at radius 2 is 2.18 bits per heavy atom. The van der Waals surface area contributed by atoms with E-state index in [0.717, 1.165) is 5.57 Å². The monoisotopic (exact) mass is 152 g/mol. The van der Waals surface area contributed by atoms with Crippen molar-refractivity contribution in [3.63, 3.8) is 0 Å². The summed E-state index contributed by atoms with van der Waals surface area (Å²) >= 11 is 0. The molecule has 0 spiro atoms. The number of allylic oxidation sites excluding steroid dienone is 2. The van der Waals surface area contributed by atoms with E-state index in [0.29, 0.717) is 11.7 Å². The predicted molar refractivity (Wildman–Crippen MR) is 42.8 cm³/mol. The van der Waals surface area contributed by atoms with E-state index in [9.17, 15) is 4.79 Å². The van der Waals surface area contributed by atoms with Crippen molar-refractivity contribution in [1.82, 2.24) is 0 Å². The van der Waals surface area contributed by atoms with Gasteiger partial charge < -0.3 is 4.74 Å². The highest BCUT2D eigenvalue weighted by Crippen LogP contribution is 2.20. The van der Waals surface area contributed by atoms with Crippen molar-refractivity contribution in [3.8, 4) is 0 Å². The molecule has 0 saturated carbocycles. The van der Waals surface area contributed by atoms with Gasteiger partial charge in [0, 0.05) is 6.08 Å². The smallest absolute Gasteiger partial charge is 0.336 e. The largest absolute Gasteiger partial charge is 0.423 e. The minimum absolute atomic E-state index is 0.255. The van der Waals surface area contributed by atoms with E-state index in [1.807, 2.05) is 26.8 Å². The summed E-state index contributed by atoms with van der Waals surface area (Å²) in [4.78, 5) is 10.7. The molecular weight excluding hydrogens is 140 g/mol. The molecule has 1 rings (SSSR count). The lowest BCUT2D eigenvalue weighted by atomic mass is 10.1. The summed E-state index contributed by atoms with van der Waals surface area (Å²) in [5.41, 5.74) is 0.920. The van der Waals surface area contributed by atoms with Gasteiger partial charge in [-0.2, -0.15) is 0 Å². The maximum absolute atomic E-state index is 10.7. The first-order valence-electron chi connectivity index (χ1n) is 3.72. The van der Waals surface area contributed by atoms with Crippen LogP contribution < -0.4 is 0 Å². The van der Waals surface area contributed by atoms with Crippen LogP contribution in [0, 0.1) is 5.92 Å². The molecule has 1 aliphatic heterocycles. The van der Waals surface area contributed by atoms with Gasteiger partial charge in [-0.05, 0) is 24.5 Å². The van der Waals surface area contributed by atoms with Crippen molar-refractivity contribution in [2.45, 2.75) is 20.8 Å². The zero-order valence-corrected chi connectivity index (χ0v) is 7.05. The molecule has 11 heavy (non-hydrogen) atoms. The first-order valence-corrected chi connectivity index (χ1v) is 3.72. The highest BCUT2D eigenvalue weighted by atomic mass is 16.5. The molecule has 0 fully saturated rings. The van der Waals surface area contributed by atoms with E-state index in [2.05, 4.69) is 0 Å². The van der Waals surface area contributed by atoms with Crippen molar-refractivity contribution >= 4 is 5.97 Å². The Kier molecular flexibility index (Phi) is 2.13. The number of hydrogen-bond acceptors (Lipinski definition) is 2. The molecule has 60 valence electrons. The Balaban J connectivity index is 2.79. The quantitative estimate of drug-likeness (QED) is 0.537. The number of carbonyl (C=O) groups is 1. The van der Waals surface area contributed by atoms with Gasteiger partial charge in [-0.1, -0.05) is 13.8 Å². The summed E-state index contributed by atoms with van der Waals surface area (Å²) in [5.74, 6) is 0.874. The lowest BCUT2D eigenvalue weighted by Gasteiger charge is -2.00.